The maximum absolute atomic E-state index is 12.4. The highest BCUT2D eigenvalue weighted by atomic mass is 35.5. The first-order valence-electron chi connectivity index (χ1n) is 7.67. The first-order chi connectivity index (χ1) is 12.0. The second-order valence-electron chi connectivity index (χ2n) is 5.61. The fraction of sp³-hybridized carbons (Fsp3) is 0.235. The number of ether oxygens (including phenoxy) is 1. The predicted molar refractivity (Wildman–Crippen MR) is 93.3 cm³/mol. The Hall–Kier alpha value is -2.80. The van der Waals surface area contributed by atoms with E-state index in [4.69, 9.17) is 16.3 Å². The van der Waals surface area contributed by atoms with E-state index < -0.39 is 0 Å². The van der Waals surface area contributed by atoms with Gasteiger partial charge in [0.1, 0.15) is 5.75 Å². The molecule has 0 aliphatic heterocycles. The molecule has 2 heterocycles. The van der Waals surface area contributed by atoms with E-state index >= 15 is 0 Å². The summed E-state index contributed by atoms with van der Waals surface area (Å²) in [4.78, 5) is 14.0. The second-order valence-corrected chi connectivity index (χ2v) is 6.05. The Kier molecular flexibility index (Phi) is 5.04. The Labute approximate surface area is 150 Å². The van der Waals surface area contributed by atoms with Crippen LogP contribution in [0.4, 0.5) is 0 Å². The summed E-state index contributed by atoms with van der Waals surface area (Å²) in [6, 6.07) is 10.6. The van der Waals surface area contributed by atoms with Gasteiger partial charge in [0.2, 0.25) is 0 Å². The van der Waals surface area contributed by atoms with Gasteiger partial charge in [-0.3, -0.25) is 9.48 Å². The van der Waals surface area contributed by atoms with Crippen molar-refractivity contribution in [3.05, 3.63) is 65.2 Å². The number of halogens is 1. The predicted octanol–water partition coefficient (Wildman–Crippen LogP) is 2.58. The number of hydrogen-bond donors (Lipinski definition) is 0. The molecule has 0 radical (unpaired) electrons. The van der Waals surface area contributed by atoms with Gasteiger partial charge in [0.05, 0.1) is 12.2 Å². The standard InChI is InChI=1S/C17H18ClN5O2/c1-21(11-14-7-9-22(2)19-14)17(24)16-8-10-23(20-16)12-25-15-5-3-13(18)4-6-15/h3-10H,11-12H2,1-2H3. The summed E-state index contributed by atoms with van der Waals surface area (Å²) < 4.78 is 8.87. The molecule has 0 aliphatic carbocycles. The van der Waals surface area contributed by atoms with Gasteiger partial charge in [-0.1, -0.05) is 11.6 Å². The Morgan fingerprint density at radius 3 is 2.60 bits per heavy atom. The Balaban J connectivity index is 1.58. The smallest absolute Gasteiger partial charge is 0.274 e. The lowest BCUT2D eigenvalue weighted by Crippen LogP contribution is -2.27. The van der Waals surface area contributed by atoms with Crippen LogP contribution in [0.3, 0.4) is 0 Å². The van der Waals surface area contributed by atoms with Crippen molar-refractivity contribution in [3.63, 3.8) is 0 Å². The number of carbonyl (C=O) groups excluding carboxylic acids is 1. The van der Waals surface area contributed by atoms with Gasteiger partial charge in [0, 0.05) is 31.5 Å². The third kappa shape index (κ3) is 4.39. The van der Waals surface area contributed by atoms with E-state index in [2.05, 4.69) is 10.2 Å². The molecule has 0 aliphatic rings. The van der Waals surface area contributed by atoms with Gasteiger partial charge in [0.25, 0.3) is 5.91 Å². The van der Waals surface area contributed by atoms with Crippen molar-refractivity contribution in [2.24, 2.45) is 7.05 Å². The van der Waals surface area contributed by atoms with Crippen LogP contribution in [0.25, 0.3) is 0 Å². The lowest BCUT2D eigenvalue weighted by molar-refractivity contribution is 0.0775. The molecule has 0 atom stereocenters. The van der Waals surface area contributed by atoms with Crippen molar-refractivity contribution in [2.75, 3.05) is 7.05 Å². The van der Waals surface area contributed by atoms with Crippen LogP contribution in [0, 0.1) is 0 Å². The van der Waals surface area contributed by atoms with Crippen LogP contribution in [0.1, 0.15) is 16.2 Å². The Morgan fingerprint density at radius 1 is 1.16 bits per heavy atom. The highest BCUT2D eigenvalue weighted by Crippen LogP contribution is 2.16. The molecule has 1 amide bonds. The number of hydrogen-bond acceptors (Lipinski definition) is 4. The zero-order valence-electron chi connectivity index (χ0n) is 14.0. The van der Waals surface area contributed by atoms with Crippen molar-refractivity contribution in [2.45, 2.75) is 13.3 Å². The number of nitrogens with zero attached hydrogens (tertiary/aromatic N) is 5. The van der Waals surface area contributed by atoms with E-state index in [9.17, 15) is 4.79 Å². The summed E-state index contributed by atoms with van der Waals surface area (Å²) >= 11 is 5.83. The van der Waals surface area contributed by atoms with E-state index in [1.165, 1.54) is 0 Å². The van der Waals surface area contributed by atoms with Crippen molar-refractivity contribution < 1.29 is 9.53 Å². The molecule has 0 saturated heterocycles. The highest BCUT2D eigenvalue weighted by Gasteiger charge is 2.16. The number of amides is 1. The first kappa shape index (κ1) is 17.0. The molecule has 2 aromatic heterocycles. The third-order valence-electron chi connectivity index (χ3n) is 3.55. The highest BCUT2D eigenvalue weighted by molar-refractivity contribution is 6.30. The van der Waals surface area contributed by atoms with Crippen molar-refractivity contribution >= 4 is 17.5 Å². The van der Waals surface area contributed by atoms with Gasteiger partial charge in [0.15, 0.2) is 12.4 Å². The minimum Gasteiger partial charge on any atom is -0.471 e. The quantitative estimate of drug-likeness (QED) is 0.678. The molecule has 0 spiro atoms. The molecule has 3 aromatic rings. The minimum absolute atomic E-state index is 0.170. The van der Waals surface area contributed by atoms with Gasteiger partial charge < -0.3 is 9.64 Å². The minimum atomic E-state index is -0.170. The van der Waals surface area contributed by atoms with E-state index in [1.54, 1.807) is 57.8 Å². The van der Waals surface area contributed by atoms with Crippen molar-refractivity contribution in [3.8, 4) is 5.75 Å². The normalized spacial score (nSPS) is 10.7. The first-order valence-corrected chi connectivity index (χ1v) is 8.05. The van der Waals surface area contributed by atoms with Gasteiger partial charge in [-0.15, -0.1) is 0 Å². The SMILES string of the molecule is CN(Cc1ccn(C)n1)C(=O)c1ccn(COc2ccc(Cl)cc2)n1. The van der Waals surface area contributed by atoms with Gasteiger partial charge in [-0.05, 0) is 36.4 Å². The van der Waals surface area contributed by atoms with Crippen LogP contribution in [-0.4, -0.2) is 37.4 Å². The molecule has 25 heavy (non-hydrogen) atoms. The third-order valence-corrected chi connectivity index (χ3v) is 3.80. The van der Waals surface area contributed by atoms with Gasteiger partial charge >= 0.3 is 0 Å². The summed E-state index contributed by atoms with van der Waals surface area (Å²) in [6.45, 7) is 0.632. The summed E-state index contributed by atoms with van der Waals surface area (Å²) in [5, 5.41) is 9.18. The maximum Gasteiger partial charge on any atom is 0.274 e. The van der Waals surface area contributed by atoms with Crippen LogP contribution in [0.5, 0.6) is 5.75 Å². The molecule has 0 N–H and O–H groups in total. The molecular formula is C17H18ClN5O2. The summed E-state index contributed by atoms with van der Waals surface area (Å²) in [7, 11) is 3.56. The maximum atomic E-state index is 12.4. The van der Waals surface area contributed by atoms with Crippen LogP contribution in [-0.2, 0) is 20.3 Å². The van der Waals surface area contributed by atoms with Crippen molar-refractivity contribution in [1.82, 2.24) is 24.5 Å². The summed E-state index contributed by atoms with van der Waals surface area (Å²) in [5.41, 5.74) is 1.18. The lowest BCUT2D eigenvalue weighted by atomic mass is 10.3. The van der Waals surface area contributed by atoms with Crippen LogP contribution in [0.15, 0.2) is 48.8 Å². The second kappa shape index (κ2) is 7.40. The number of benzene rings is 1. The largest absolute Gasteiger partial charge is 0.471 e. The molecular weight excluding hydrogens is 342 g/mol. The molecule has 130 valence electrons. The monoisotopic (exact) mass is 359 g/mol. The summed E-state index contributed by atoms with van der Waals surface area (Å²) in [5.74, 6) is 0.510. The van der Waals surface area contributed by atoms with E-state index in [0.717, 1.165) is 5.69 Å². The zero-order chi connectivity index (χ0) is 17.8. The van der Waals surface area contributed by atoms with Crippen molar-refractivity contribution in [1.29, 1.82) is 0 Å². The van der Waals surface area contributed by atoms with E-state index in [-0.39, 0.29) is 12.6 Å². The van der Waals surface area contributed by atoms with Gasteiger partial charge in [-0.2, -0.15) is 10.2 Å². The fourth-order valence-corrected chi connectivity index (χ4v) is 2.40. The van der Waals surface area contributed by atoms with Crippen LogP contribution < -0.4 is 4.74 Å². The van der Waals surface area contributed by atoms with E-state index in [0.29, 0.717) is 23.0 Å². The Bertz CT molecular complexity index is 856. The topological polar surface area (TPSA) is 65.2 Å². The average Bonchev–Trinajstić information content (AvgIpc) is 3.23. The molecule has 1 aromatic carbocycles. The van der Waals surface area contributed by atoms with E-state index in [1.807, 2.05) is 19.3 Å². The Morgan fingerprint density at radius 2 is 1.92 bits per heavy atom. The fourth-order valence-electron chi connectivity index (χ4n) is 2.28. The lowest BCUT2D eigenvalue weighted by Gasteiger charge is -2.14. The number of aromatic nitrogens is 4. The number of aryl methyl sites for hydroxylation is 1. The van der Waals surface area contributed by atoms with Gasteiger partial charge in [-0.25, -0.2) is 4.68 Å². The summed E-state index contributed by atoms with van der Waals surface area (Å²) in [6.07, 6.45) is 3.55. The zero-order valence-corrected chi connectivity index (χ0v) is 14.7. The number of rotatable bonds is 6. The average molecular weight is 360 g/mol. The molecule has 0 saturated carbocycles. The molecule has 3 rings (SSSR count). The molecule has 8 heteroatoms. The number of carbonyl (C=O) groups is 1. The molecule has 7 nitrogen and oxygen atoms in total. The van der Waals surface area contributed by atoms with Crippen LogP contribution >= 0.6 is 11.6 Å². The molecule has 0 bridgehead atoms. The van der Waals surface area contributed by atoms with Crippen LogP contribution in [0.2, 0.25) is 5.02 Å². The molecule has 0 fully saturated rings. The molecule has 0 unspecified atom stereocenters.